The summed E-state index contributed by atoms with van der Waals surface area (Å²) in [6.45, 7) is 2.82. The molecule has 1 aliphatic rings. The van der Waals surface area contributed by atoms with Crippen LogP contribution in [0.2, 0.25) is 0 Å². The van der Waals surface area contributed by atoms with Crippen LogP contribution in [0.15, 0.2) is 0 Å². The van der Waals surface area contributed by atoms with Gasteiger partial charge in [-0.05, 0) is 19.3 Å². The molecule has 1 saturated carbocycles. The highest BCUT2D eigenvalue weighted by Gasteiger charge is 2.23. The van der Waals surface area contributed by atoms with Crippen LogP contribution in [-0.4, -0.2) is 27.5 Å². The van der Waals surface area contributed by atoms with Gasteiger partial charge in [-0.15, -0.1) is 0 Å². The molecular formula is C13H24N4O. The third-order valence-electron chi connectivity index (χ3n) is 3.90. The lowest BCUT2D eigenvalue weighted by Gasteiger charge is -2.28. The number of aryl methyl sites for hydroxylation is 2. The maximum absolute atomic E-state index is 9.94. The van der Waals surface area contributed by atoms with Crippen molar-refractivity contribution in [3.05, 3.63) is 5.69 Å². The summed E-state index contributed by atoms with van der Waals surface area (Å²) in [6.07, 6.45) is 5.04. The molecule has 0 aromatic carbocycles. The molecule has 4 N–H and O–H groups in total. The lowest BCUT2D eigenvalue weighted by molar-refractivity contribution is 0.0762. The number of hydrogen-bond donors (Lipinski definition) is 3. The van der Waals surface area contributed by atoms with Gasteiger partial charge in [-0.25, -0.2) is 0 Å². The number of aliphatic hydroxyl groups is 1. The number of aliphatic hydroxyl groups excluding tert-OH is 1. The van der Waals surface area contributed by atoms with E-state index in [2.05, 4.69) is 10.4 Å². The zero-order chi connectivity index (χ0) is 13.1. The maximum atomic E-state index is 9.94. The van der Waals surface area contributed by atoms with E-state index in [1.165, 1.54) is 6.42 Å². The van der Waals surface area contributed by atoms with Crippen LogP contribution in [0.5, 0.6) is 0 Å². The van der Waals surface area contributed by atoms with Crippen LogP contribution in [0.1, 0.15) is 38.3 Å². The zero-order valence-electron chi connectivity index (χ0n) is 11.3. The Morgan fingerprint density at radius 1 is 1.44 bits per heavy atom. The van der Waals surface area contributed by atoms with Crippen LogP contribution >= 0.6 is 0 Å². The van der Waals surface area contributed by atoms with Crippen molar-refractivity contribution in [1.29, 1.82) is 0 Å². The van der Waals surface area contributed by atoms with Gasteiger partial charge < -0.3 is 16.2 Å². The van der Waals surface area contributed by atoms with E-state index >= 15 is 0 Å². The highest BCUT2D eigenvalue weighted by Crippen LogP contribution is 2.27. The fourth-order valence-corrected chi connectivity index (χ4v) is 2.72. The van der Waals surface area contributed by atoms with Crippen molar-refractivity contribution in [3.63, 3.8) is 0 Å². The van der Waals surface area contributed by atoms with Gasteiger partial charge in [0.05, 0.1) is 17.5 Å². The van der Waals surface area contributed by atoms with Gasteiger partial charge >= 0.3 is 0 Å². The molecule has 0 spiro atoms. The minimum Gasteiger partial charge on any atom is -0.394 e. The van der Waals surface area contributed by atoms with E-state index in [1.54, 1.807) is 4.68 Å². The molecule has 5 heteroatoms. The molecule has 1 aromatic heterocycles. The Hall–Kier alpha value is -1.23. The Labute approximate surface area is 108 Å². The zero-order valence-corrected chi connectivity index (χ0v) is 11.3. The number of aromatic nitrogens is 2. The molecule has 1 heterocycles. The number of anilines is 2. The van der Waals surface area contributed by atoms with Crippen molar-refractivity contribution in [1.82, 2.24) is 9.78 Å². The first-order chi connectivity index (χ1) is 8.63. The largest absolute Gasteiger partial charge is 0.394 e. The topological polar surface area (TPSA) is 76.1 Å². The summed E-state index contributed by atoms with van der Waals surface area (Å²) in [5, 5.41) is 17.7. The molecule has 102 valence electrons. The van der Waals surface area contributed by atoms with Crippen LogP contribution in [0.3, 0.4) is 0 Å². The first-order valence-corrected chi connectivity index (χ1v) is 6.86. The summed E-state index contributed by atoms with van der Waals surface area (Å²) in [5.74, 6) is 1.21. The number of rotatable bonds is 4. The van der Waals surface area contributed by atoms with Crippen LogP contribution < -0.4 is 11.1 Å². The highest BCUT2D eigenvalue weighted by molar-refractivity contribution is 5.65. The van der Waals surface area contributed by atoms with E-state index in [4.69, 9.17) is 5.73 Å². The molecule has 1 aliphatic carbocycles. The Morgan fingerprint density at radius 2 is 2.17 bits per heavy atom. The van der Waals surface area contributed by atoms with Gasteiger partial charge in [-0.2, -0.15) is 5.10 Å². The first-order valence-electron chi connectivity index (χ1n) is 6.86. The molecule has 1 fully saturated rings. The molecular weight excluding hydrogens is 228 g/mol. The average Bonchev–Trinajstić information content (AvgIpc) is 2.64. The molecule has 1 aromatic rings. The smallest absolute Gasteiger partial charge is 0.147 e. The Bertz CT molecular complexity index is 402. The summed E-state index contributed by atoms with van der Waals surface area (Å²) in [5.41, 5.74) is 7.73. The van der Waals surface area contributed by atoms with Gasteiger partial charge in [0.25, 0.3) is 0 Å². The molecule has 0 bridgehead atoms. The van der Waals surface area contributed by atoms with E-state index in [1.807, 2.05) is 14.0 Å². The second-order valence-corrected chi connectivity index (χ2v) is 5.18. The normalized spacial score (nSPS) is 24.2. The van der Waals surface area contributed by atoms with E-state index in [-0.39, 0.29) is 6.10 Å². The number of nitrogens with zero attached hydrogens (tertiary/aromatic N) is 2. The second kappa shape index (κ2) is 5.61. The SMILES string of the molecule is CCc1nn(C)c(NCC2CCCCC2O)c1N. The molecule has 2 rings (SSSR count). The molecule has 2 atom stereocenters. The molecule has 0 saturated heterocycles. The highest BCUT2D eigenvalue weighted by atomic mass is 16.3. The van der Waals surface area contributed by atoms with Crippen LogP contribution in [0, 0.1) is 5.92 Å². The molecule has 0 amide bonds. The molecule has 5 nitrogen and oxygen atoms in total. The summed E-state index contributed by atoms with van der Waals surface area (Å²) >= 11 is 0. The third-order valence-corrected chi connectivity index (χ3v) is 3.90. The molecule has 0 aliphatic heterocycles. The van der Waals surface area contributed by atoms with E-state index < -0.39 is 0 Å². The van der Waals surface area contributed by atoms with Crippen LogP contribution in [-0.2, 0) is 13.5 Å². The molecule has 2 unspecified atom stereocenters. The minimum absolute atomic E-state index is 0.175. The van der Waals surface area contributed by atoms with Gasteiger partial charge in [0.1, 0.15) is 5.82 Å². The lowest BCUT2D eigenvalue weighted by atomic mass is 9.86. The van der Waals surface area contributed by atoms with Crippen molar-refractivity contribution in [3.8, 4) is 0 Å². The third kappa shape index (κ3) is 2.61. The van der Waals surface area contributed by atoms with Gasteiger partial charge in [0, 0.05) is 19.5 Å². The predicted octanol–water partition coefficient (Wildman–Crippen LogP) is 1.53. The van der Waals surface area contributed by atoms with Crippen molar-refractivity contribution < 1.29 is 5.11 Å². The summed E-state index contributed by atoms with van der Waals surface area (Å²) in [7, 11) is 1.90. The Morgan fingerprint density at radius 3 is 2.78 bits per heavy atom. The number of nitrogens with one attached hydrogen (secondary N) is 1. The first kappa shape index (κ1) is 13.2. The minimum atomic E-state index is -0.175. The van der Waals surface area contributed by atoms with Crippen LogP contribution in [0.25, 0.3) is 0 Å². The lowest BCUT2D eigenvalue weighted by Crippen LogP contribution is -2.30. The number of nitrogen functional groups attached to an aromatic ring is 1. The number of hydrogen-bond acceptors (Lipinski definition) is 4. The van der Waals surface area contributed by atoms with Crippen LogP contribution in [0.4, 0.5) is 11.5 Å². The van der Waals surface area contributed by atoms with Crippen molar-refractivity contribution in [2.24, 2.45) is 13.0 Å². The standard InChI is InChI=1S/C13H24N4O/c1-3-10-12(14)13(17(2)16-10)15-8-9-6-4-5-7-11(9)18/h9,11,15,18H,3-8,14H2,1-2H3. The van der Waals surface area contributed by atoms with Gasteiger partial charge in [-0.1, -0.05) is 19.8 Å². The molecule has 18 heavy (non-hydrogen) atoms. The van der Waals surface area contributed by atoms with Crippen molar-refractivity contribution in [2.45, 2.75) is 45.1 Å². The van der Waals surface area contributed by atoms with Gasteiger partial charge in [0.15, 0.2) is 0 Å². The van der Waals surface area contributed by atoms with Crippen molar-refractivity contribution in [2.75, 3.05) is 17.6 Å². The summed E-state index contributed by atoms with van der Waals surface area (Å²) in [4.78, 5) is 0. The monoisotopic (exact) mass is 252 g/mol. The number of nitrogens with two attached hydrogens (primary N) is 1. The second-order valence-electron chi connectivity index (χ2n) is 5.18. The Kier molecular flexibility index (Phi) is 4.11. The quantitative estimate of drug-likeness (QED) is 0.759. The summed E-state index contributed by atoms with van der Waals surface area (Å²) in [6, 6.07) is 0. The fraction of sp³-hybridized carbons (Fsp3) is 0.769. The van der Waals surface area contributed by atoms with E-state index in [9.17, 15) is 5.11 Å². The van der Waals surface area contributed by atoms with E-state index in [0.717, 1.165) is 49.4 Å². The summed E-state index contributed by atoms with van der Waals surface area (Å²) < 4.78 is 1.80. The fourth-order valence-electron chi connectivity index (χ4n) is 2.72. The van der Waals surface area contributed by atoms with Crippen molar-refractivity contribution >= 4 is 11.5 Å². The van der Waals surface area contributed by atoms with Gasteiger partial charge in [0.2, 0.25) is 0 Å². The maximum Gasteiger partial charge on any atom is 0.147 e. The average molecular weight is 252 g/mol. The predicted molar refractivity (Wildman–Crippen MR) is 73.5 cm³/mol. The van der Waals surface area contributed by atoms with Gasteiger partial charge in [-0.3, -0.25) is 4.68 Å². The molecule has 0 radical (unpaired) electrons. The van der Waals surface area contributed by atoms with E-state index in [0.29, 0.717) is 5.92 Å². The Balaban J connectivity index is 1.99.